The maximum Gasteiger partial charge on any atom is 0.303 e. The third kappa shape index (κ3) is 4.25. The fraction of sp³-hybridized carbons (Fsp3) is 0.364. The molecule has 1 aromatic carbocycles. The van der Waals surface area contributed by atoms with Gasteiger partial charge in [-0.15, -0.1) is 11.8 Å². The summed E-state index contributed by atoms with van der Waals surface area (Å²) in [6, 6.07) is 5.92. The van der Waals surface area contributed by atoms with E-state index in [0.29, 0.717) is 6.42 Å². The fourth-order valence-electron chi connectivity index (χ4n) is 1.20. The van der Waals surface area contributed by atoms with Crippen LogP contribution in [0.4, 0.5) is 5.69 Å². The van der Waals surface area contributed by atoms with Crippen molar-refractivity contribution in [2.45, 2.75) is 24.7 Å². The molecule has 0 fully saturated rings. The maximum absolute atomic E-state index is 10.3. The number of hydrogen-bond acceptors (Lipinski definition) is 3. The molecular weight excluding hydrogens is 210 g/mol. The van der Waals surface area contributed by atoms with Crippen LogP contribution in [0.5, 0.6) is 0 Å². The molecule has 0 spiro atoms. The van der Waals surface area contributed by atoms with E-state index in [1.54, 1.807) is 11.8 Å². The number of carboxylic acids is 1. The second kappa shape index (κ2) is 5.66. The predicted octanol–water partition coefficient (Wildman–Crippen LogP) is 2.53. The molecule has 0 unspecified atom stereocenters. The van der Waals surface area contributed by atoms with E-state index < -0.39 is 5.97 Å². The lowest BCUT2D eigenvalue weighted by molar-refractivity contribution is -0.137. The second-order valence-corrected chi connectivity index (χ2v) is 4.52. The van der Waals surface area contributed by atoms with Gasteiger partial charge in [-0.2, -0.15) is 0 Å². The van der Waals surface area contributed by atoms with Crippen LogP contribution in [0.25, 0.3) is 0 Å². The van der Waals surface area contributed by atoms with E-state index in [0.717, 1.165) is 21.9 Å². The average Bonchev–Trinajstić information content (AvgIpc) is 2.14. The molecule has 0 saturated carbocycles. The first-order chi connectivity index (χ1) is 7.09. The summed E-state index contributed by atoms with van der Waals surface area (Å²) in [5.74, 6) is 0.0482. The van der Waals surface area contributed by atoms with Gasteiger partial charge in [-0.05, 0) is 36.8 Å². The van der Waals surface area contributed by atoms with Gasteiger partial charge in [-0.25, -0.2) is 0 Å². The number of anilines is 1. The third-order valence-electron chi connectivity index (χ3n) is 1.96. The number of aliphatic carboxylic acids is 1. The van der Waals surface area contributed by atoms with Crippen molar-refractivity contribution < 1.29 is 9.90 Å². The van der Waals surface area contributed by atoms with Crippen LogP contribution in [0, 0.1) is 6.92 Å². The number of carbonyl (C=O) groups is 1. The van der Waals surface area contributed by atoms with Gasteiger partial charge in [0.15, 0.2) is 0 Å². The van der Waals surface area contributed by atoms with Crippen molar-refractivity contribution in [2.75, 3.05) is 11.5 Å². The Kier molecular flexibility index (Phi) is 4.49. The lowest BCUT2D eigenvalue weighted by atomic mass is 10.2. The molecule has 0 bridgehead atoms. The SMILES string of the molecule is Cc1ccc(SCCCC(=O)O)c(N)c1. The number of rotatable bonds is 5. The monoisotopic (exact) mass is 225 g/mol. The first-order valence-corrected chi connectivity index (χ1v) is 5.79. The molecule has 0 heterocycles. The van der Waals surface area contributed by atoms with Gasteiger partial charge in [0.25, 0.3) is 0 Å². The van der Waals surface area contributed by atoms with Crippen molar-refractivity contribution >= 4 is 23.4 Å². The summed E-state index contributed by atoms with van der Waals surface area (Å²) < 4.78 is 0. The number of aryl methyl sites for hydroxylation is 1. The van der Waals surface area contributed by atoms with Crippen molar-refractivity contribution in [3.8, 4) is 0 Å². The Morgan fingerprint density at radius 1 is 1.53 bits per heavy atom. The number of benzene rings is 1. The highest BCUT2D eigenvalue weighted by molar-refractivity contribution is 7.99. The van der Waals surface area contributed by atoms with Crippen LogP contribution in [0.15, 0.2) is 23.1 Å². The zero-order valence-corrected chi connectivity index (χ0v) is 9.51. The third-order valence-corrected chi connectivity index (χ3v) is 3.13. The summed E-state index contributed by atoms with van der Waals surface area (Å²) in [6.45, 7) is 2.00. The molecular formula is C11H15NO2S. The highest BCUT2D eigenvalue weighted by Crippen LogP contribution is 2.26. The minimum Gasteiger partial charge on any atom is -0.481 e. The van der Waals surface area contributed by atoms with E-state index >= 15 is 0 Å². The first kappa shape index (κ1) is 11.9. The van der Waals surface area contributed by atoms with Crippen LogP contribution in [-0.2, 0) is 4.79 Å². The molecule has 0 aliphatic heterocycles. The molecule has 4 heteroatoms. The Morgan fingerprint density at radius 2 is 2.27 bits per heavy atom. The quantitative estimate of drug-likeness (QED) is 0.459. The Bertz CT molecular complexity index is 352. The number of nitrogen functional groups attached to an aromatic ring is 1. The van der Waals surface area contributed by atoms with E-state index in [9.17, 15) is 4.79 Å². The highest BCUT2D eigenvalue weighted by Gasteiger charge is 2.01. The van der Waals surface area contributed by atoms with Crippen molar-refractivity contribution in [3.05, 3.63) is 23.8 Å². The largest absolute Gasteiger partial charge is 0.481 e. The molecule has 0 saturated heterocycles. The summed E-state index contributed by atoms with van der Waals surface area (Å²) in [5, 5.41) is 8.47. The van der Waals surface area contributed by atoms with E-state index in [1.165, 1.54) is 0 Å². The number of carboxylic acid groups (broad SMARTS) is 1. The summed E-state index contributed by atoms with van der Waals surface area (Å²) in [6.07, 6.45) is 0.895. The molecule has 15 heavy (non-hydrogen) atoms. The summed E-state index contributed by atoms with van der Waals surface area (Å²) in [5.41, 5.74) is 7.74. The van der Waals surface area contributed by atoms with Gasteiger partial charge in [-0.1, -0.05) is 6.07 Å². The molecule has 0 atom stereocenters. The van der Waals surface area contributed by atoms with Gasteiger partial charge < -0.3 is 10.8 Å². The maximum atomic E-state index is 10.3. The first-order valence-electron chi connectivity index (χ1n) is 4.80. The van der Waals surface area contributed by atoms with E-state index in [1.807, 2.05) is 25.1 Å². The van der Waals surface area contributed by atoms with Crippen LogP contribution in [0.1, 0.15) is 18.4 Å². The normalized spacial score (nSPS) is 10.2. The van der Waals surface area contributed by atoms with Gasteiger partial charge >= 0.3 is 5.97 Å². The molecule has 82 valence electrons. The summed E-state index contributed by atoms with van der Waals surface area (Å²) in [4.78, 5) is 11.3. The van der Waals surface area contributed by atoms with E-state index in [-0.39, 0.29) is 6.42 Å². The van der Waals surface area contributed by atoms with Crippen LogP contribution < -0.4 is 5.73 Å². The predicted molar refractivity (Wildman–Crippen MR) is 63.2 cm³/mol. The zero-order valence-electron chi connectivity index (χ0n) is 8.69. The van der Waals surface area contributed by atoms with Crippen molar-refractivity contribution in [1.82, 2.24) is 0 Å². The molecule has 0 aromatic heterocycles. The van der Waals surface area contributed by atoms with Gasteiger partial charge in [-0.3, -0.25) is 4.79 Å². The summed E-state index contributed by atoms with van der Waals surface area (Å²) >= 11 is 1.61. The lowest BCUT2D eigenvalue weighted by Gasteiger charge is -2.05. The minimum atomic E-state index is -0.743. The average molecular weight is 225 g/mol. The standard InChI is InChI=1S/C11H15NO2S/c1-8-4-5-10(9(12)7-8)15-6-2-3-11(13)14/h4-5,7H,2-3,6,12H2,1H3,(H,13,14). The number of hydrogen-bond donors (Lipinski definition) is 2. The second-order valence-electron chi connectivity index (χ2n) is 3.39. The molecule has 1 rings (SSSR count). The van der Waals surface area contributed by atoms with E-state index in [4.69, 9.17) is 10.8 Å². The van der Waals surface area contributed by atoms with Crippen LogP contribution >= 0.6 is 11.8 Å². The smallest absolute Gasteiger partial charge is 0.303 e. The summed E-state index contributed by atoms with van der Waals surface area (Å²) in [7, 11) is 0. The number of nitrogens with two attached hydrogens (primary N) is 1. The number of thioether (sulfide) groups is 1. The minimum absolute atomic E-state index is 0.221. The Morgan fingerprint density at radius 3 is 2.87 bits per heavy atom. The van der Waals surface area contributed by atoms with Crippen molar-refractivity contribution in [1.29, 1.82) is 0 Å². The van der Waals surface area contributed by atoms with Crippen molar-refractivity contribution in [3.63, 3.8) is 0 Å². The van der Waals surface area contributed by atoms with Crippen molar-refractivity contribution in [2.24, 2.45) is 0 Å². The molecule has 3 nitrogen and oxygen atoms in total. The van der Waals surface area contributed by atoms with E-state index in [2.05, 4.69) is 0 Å². The molecule has 0 aliphatic rings. The molecule has 0 aliphatic carbocycles. The zero-order chi connectivity index (χ0) is 11.3. The Labute approximate surface area is 93.7 Å². The fourth-order valence-corrected chi connectivity index (χ4v) is 2.10. The van der Waals surface area contributed by atoms with Crippen LogP contribution in [-0.4, -0.2) is 16.8 Å². The molecule has 0 amide bonds. The molecule has 3 N–H and O–H groups in total. The van der Waals surface area contributed by atoms with Gasteiger partial charge in [0, 0.05) is 17.0 Å². The van der Waals surface area contributed by atoms with Crippen LogP contribution in [0.3, 0.4) is 0 Å². The lowest BCUT2D eigenvalue weighted by Crippen LogP contribution is -1.95. The molecule has 1 aromatic rings. The van der Waals surface area contributed by atoms with Gasteiger partial charge in [0.2, 0.25) is 0 Å². The highest BCUT2D eigenvalue weighted by atomic mass is 32.2. The molecule has 0 radical (unpaired) electrons. The topological polar surface area (TPSA) is 63.3 Å². The Balaban J connectivity index is 2.40. The Hall–Kier alpha value is -1.16. The van der Waals surface area contributed by atoms with Gasteiger partial charge in [0.1, 0.15) is 0 Å². The van der Waals surface area contributed by atoms with Gasteiger partial charge in [0.05, 0.1) is 0 Å². The van der Waals surface area contributed by atoms with Crippen LogP contribution in [0.2, 0.25) is 0 Å².